The highest BCUT2D eigenvalue weighted by molar-refractivity contribution is 6.30. The first-order valence-corrected chi connectivity index (χ1v) is 5.05. The Balaban J connectivity index is 3.15. The van der Waals surface area contributed by atoms with Crippen LogP contribution < -0.4 is 0 Å². The zero-order valence-corrected chi connectivity index (χ0v) is 9.04. The van der Waals surface area contributed by atoms with Crippen LogP contribution in [0.15, 0.2) is 18.2 Å². The van der Waals surface area contributed by atoms with Gasteiger partial charge in [0.15, 0.2) is 0 Å². The van der Waals surface area contributed by atoms with Crippen molar-refractivity contribution in [3.05, 3.63) is 34.3 Å². The standard InChI is InChI=1S/C11H13ClF2/c1-3-8-5-9(7-10(12)6-8)11(13,14)4-2/h5-7H,3-4H2,1-2H3. The molecule has 0 unspecified atom stereocenters. The summed E-state index contributed by atoms with van der Waals surface area (Å²) in [6, 6.07) is 4.58. The zero-order valence-electron chi connectivity index (χ0n) is 8.28. The monoisotopic (exact) mass is 218 g/mol. The lowest BCUT2D eigenvalue weighted by Gasteiger charge is -2.15. The molecule has 0 heterocycles. The fourth-order valence-corrected chi connectivity index (χ4v) is 1.53. The lowest BCUT2D eigenvalue weighted by Crippen LogP contribution is -2.11. The summed E-state index contributed by atoms with van der Waals surface area (Å²) in [4.78, 5) is 0. The molecule has 3 heteroatoms. The number of aryl methyl sites for hydroxylation is 1. The molecule has 0 amide bonds. The Kier molecular flexibility index (Phi) is 3.48. The molecule has 0 atom stereocenters. The van der Waals surface area contributed by atoms with Gasteiger partial charge in [-0.05, 0) is 30.2 Å². The van der Waals surface area contributed by atoms with Crippen LogP contribution in [0.5, 0.6) is 0 Å². The van der Waals surface area contributed by atoms with Crippen molar-refractivity contribution in [1.82, 2.24) is 0 Å². The molecule has 0 radical (unpaired) electrons. The normalized spacial score (nSPS) is 11.8. The van der Waals surface area contributed by atoms with Crippen LogP contribution in [0.2, 0.25) is 5.02 Å². The number of halogens is 3. The number of hydrogen-bond donors (Lipinski definition) is 0. The second-order valence-corrected chi connectivity index (χ2v) is 3.70. The average molecular weight is 219 g/mol. The molecular weight excluding hydrogens is 206 g/mol. The molecule has 0 bridgehead atoms. The fourth-order valence-electron chi connectivity index (χ4n) is 1.27. The molecule has 0 saturated heterocycles. The summed E-state index contributed by atoms with van der Waals surface area (Å²) >= 11 is 5.76. The molecule has 14 heavy (non-hydrogen) atoms. The van der Waals surface area contributed by atoms with Gasteiger partial charge in [-0.25, -0.2) is 8.78 Å². The van der Waals surface area contributed by atoms with Crippen molar-refractivity contribution in [1.29, 1.82) is 0 Å². The van der Waals surface area contributed by atoms with Crippen molar-refractivity contribution in [2.45, 2.75) is 32.6 Å². The molecule has 0 aliphatic carbocycles. The lowest BCUT2D eigenvalue weighted by atomic mass is 10.0. The lowest BCUT2D eigenvalue weighted by molar-refractivity contribution is -0.00834. The molecule has 0 spiro atoms. The van der Waals surface area contributed by atoms with E-state index in [2.05, 4.69) is 0 Å². The maximum atomic E-state index is 13.3. The molecule has 0 fully saturated rings. The fraction of sp³-hybridized carbons (Fsp3) is 0.455. The summed E-state index contributed by atoms with van der Waals surface area (Å²) in [5, 5.41) is 0.382. The van der Waals surface area contributed by atoms with Gasteiger partial charge in [0, 0.05) is 17.0 Å². The van der Waals surface area contributed by atoms with E-state index >= 15 is 0 Å². The Hall–Kier alpha value is -0.630. The third kappa shape index (κ3) is 2.44. The maximum Gasteiger partial charge on any atom is 0.273 e. The van der Waals surface area contributed by atoms with Gasteiger partial charge in [0.2, 0.25) is 0 Å². The highest BCUT2D eigenvalue weighted by Gasteiger charge is 2.29. The molecule has 0 aliphatic heterocycles. The van der Waals surface area contributed by atoms with E-state index in [0.29, 0.717) is 11.4 Å². The van der Waals surface area contributed by atoms with Crippen LogP contribution in [-0.2, 0) is 12.3 Å². The molecule has 78 valence electrons. The Labute approximate surface area is 87.9 Å². The summed E-state index contributed by atoms with van der Waals surface area (Å²) in [5.74, 6) is -2.77. The third-order valence-corrected chi connectivity index (χ3v) is 2.45. The van der Waals surface area contributed by atoms with Gasteiger partial charge in [0.25, 0.3) is 5.92 Å². The van der Waals surface area contributed by atoms with Gasteiger partial charge >= 0.3 is 0 Å². The quantitative estimate of drug-likeness (QED) is 0.705. The van der Waals surface area contributed by atoms with E-state index in [0.717, 1.165) is 5.56 Å². The van der Waals surface area contributed by atoms with Crippen LogP contribution in [-0.4, -0.2) is 0 Å². The summed E-state index contributed by atoms with van der Waals surface area (Å²) in [5.41, 5.74) is 0.866. The highest BCUT2D eigenvalue weighted by atomic mass is 35.5. The Morgan fingerprint density at radius 2 is 1.86 bits per heavy atom. The average Bonchev–Trinajstić information content (AvgIpc) is 2.16. The predicted octanol–water partition coefficient (Wildman–Crippen LogP) is 4.40. The SMILES string of the molecule is CCc1cc(Cl)cc(C(F)(F)CC)c1. The van der Waals surface area contributed by atoms with E-state index < -0.39 is 5.92 Å². The minimum atomic E-state index is -2.77. The molecule has 0 nitrogen and oxygen atoms in total. The summed E-state index contributed by atoms with van der Waals surface area (Å²) in [7, 11) is 0. The molecule has 0 aliphatic rings. The van der Waals surface area contributed by atoms with Gasteiger partial charge in [-0.15, -0.1) is 0 Å². The molecule has 0 N–H and O–H groups in total. The third-order valence-electron chi connectivity index (χ3n) is 2.23. The Morgan fingerprint density at radius 3 is 2.36 bits per heavy atom. The number of alkyl halides is 2. The number of rotatable bonds is 3. The van der Waals surface area contributed by atoms with Gasteiger partial charge in [0.1, 0.15) is 0 Å². The molecular formula is C11H13ClF2. The first-order chi connectivity index (χ1) is 6.49. The Bertz CT molecular complexity index is 321. The van der Waals surface area contributed by atoms with Crippen molar-refractivity contribution >= 4 is 11.6 Å². The zero-order chi connectivity index (χ0) is 10.8. The number of benzene rings is 1. The van der Waals surface area contributed by atoms with Crippen molar-refractivity contribution in [3.8, 4) is 0 Å². The van der Waals surface area contributed by atoms with Gasteiger partial charge in [-0.3, -0.25) is 0 Å². The molecule has 1 aromatic rings. The second-order valence-electron chi connectivity index (χ2n) is 3.26. The van der Waals surface area contributed by atoms with E-state index in [1.807, 2.05) is 6.92 Å². The van der Waals surface area contributed by atoms with Crippen LogP contribution in [0, 0.1) is 0 Å². The first kappa shape index (κ1) is 11.4. The second kappa shape index (κ2) is 4.26. The van der Waals surface area contributed by atoms with Gasteiger partial charge in [-0.1, -0.05) is 25.4 Å². The van der Waals surface area contributed by atoms with Crippen LogP contribution >= 0.6 is 11.6 Å². The van der Waals surface area contributed by atoms with E-state index in [-0.39, 0.29) is 12.0 Å². The van der Waals surface area contributed by atoms with Crippen molar-refractivity contribution in [2.24, 2.45) is 0 Å². The highest BCUT2D eigenvalue weighted by Crippen LogP contribution is 2.33. The minimum Gasteiger partial charge on any atom is -0.201 e. The number of hydrogen-bond acceptors (Lipinski definition) is 0. The van der Waals surface area contributed by atoms with Gasteiger partial charge in [0.05, 0.1) is 0 Å². The molecule has 1 rings (SSSR count). The van der Waals surface area contributed by atoms with Crippen LogP contribution in [0.3, 0.4) is 0 Å². The molecule has 1 aromatic carbocycles. The van der Waals surface area contributed by atoms with E-state index in [4.69, 9.17) is 11.6 Å². The van der Waals surface area contributed by atoms with E-state index in [1.165, 1.54) is 19.1 Å². The first-order valence-electron chi connectivity index (χ1n) is 4.67. The van der Waals surface area contributed by atoms with Gasteiger partial charge in [-0.2, -0.15) is 0 Å². The summed E-state index contributed by atoms with van der Waals surface area (Å²) < 4.78 is 26.6. The van der Waals surface area contributed by atoms with E-state index in [1.54, 1.807) is 6.07 Å². The summed E-state index contributed by atoms with van der Waals surface area (Å²) in [6.07, 6.45) is 0.518. The minimum absolute atomic E-state index is 0.0179. The van der Waals surface area contributed by atoms with Crippen LogP contribution in [0.1, 0.15) is 31.4 Å². The predicted molar refractivity (Wildman–Crippen MR) is 55.0 cm³/mol. The summed E-state index contributed by atoms with van der Waals surface area (Å²) in [6.45, 7) is 3.38. The van der Waals surface area contributed by atoms with E-state index in [9.17, 15) is 8.78 Å². The van der Waals surface area contributed by atoms with Crippen molar-refractivity contribution < 1.29 is 8.78 Å². The molecule has 0 aromatic heterocycles. The Morgan fingerprint density at radius 1 is 1.21 bits per heavy atom. The topological polar surface area (TPSA) is 0 Å². The largest absolute Gasteiger partial charge is 0.273 e. The van der Waals surface area contributed by atoms with Crippen LogP contribution in [0.4, 0.5) is 8.78 Å². The smallest absolute Gasteiger partial charge is 0.201 e. The maximum absolute atomic E-state index is 13.3. The molecule has 0 saturated carbocycles. The van der Waals surface area contributed by atoms with Crippen LogP contribution in [0.25, 0.3) is 0 Å². The van der Waals surface area contributed by atoms with Crippen molar-refractivity contribution in [3.63, 3.8) is 0 Å². The van der Waals surface area contributed by atoms with Gasteiger partial charge < -0.3 is 0 Å². The van der Waals surface area contributed by atoms with Crippen molar-refractivity contribution in [2.75, 3.05) is 0 Å².